The van der Waals surface area contributed by atoms with Crippen molar-refractivity contribution >= 4 is 5.69 Å². The van der Waals surface area contributed by atoms with E-state index in [-0.39, 0.29) is 5.75 Å². The fourth-order valence-corrected chi connectivity index (χ4v) is 2.44. The van der Waals surface area contributed by atoms with Crippen molar-refractivity contribution in [2.75, 3.05) is 25.5 Å². The number of hydrogen-bond donors (Lipinski definition) is 1. The molecule has 1 aromatic carbocycles. The number of likely N-dealkylation sites (tertiary alicyclic amines) is 1. The second kappa shape index (κ2) is 6.70. The minimum Gasteiger partial charge on any atom is -0.433 e. The monoisotopic (exact) mass is 270 g/mol. The van der Waals surface area contributed by atoms with Gasteiger partial charge in [-0.1, -0.05) is 18.6 Å². The lowest BCUT2D eigenvalue weighted by Crippen LogP contribution is -2.40. The van der Waals surface area contributed by atoms with Crippen molar-refractivity contribution < 1.29 is 13.5 Å². The number of nitrogens with one attached hydrogen (secondary N) is 1. The molecule has 0 bridgehead atoms. The van der Waals surface area contributed by atoms with Crippen LogP contribution in [0.5, 0.6) is 5.75 Å². The number of para-hydroxylation sites is 2. The minimum absolute atomic E-state index is 0.205. The van der Waals surface area contributed by atoms with Crippen LogP contribution in [0.1, 0.15) is 19.3 Å². The smallest absolute Gasteiger partial charge is 0.387 e. The summed E-state index contributed by atoms with van der Waals surface area (Å²) in [6.45, 7) is -0.943. The molecule has 19 heavy (non-hydrogen) atoms. The van der Waals surface area contributed by atoms with Crippen LogP contribution in [-0.4, -0.2) is 37.7 Å². The SMILES string of the molecule is CN1CCCCC1CNc1ccccc1OC(F)F. The summed E-state index contributed by atoms with van der Waals surface area (Å²) in [6.07, 6.45) is 3.60. The second-order valence-electron chi connectivity index (χ2n) is 4.89. The van der Waals surface area contributed by atoms with Crippen molar-refractivity contribution in [3.05, 3.63) is 24.3 Å². The molecule has 5 heteroatoms. The molecule has 1 saturated heterocycles. The number of likely N-dealkylation sites (N-methyl/N-ethyl adjacent to an activating group) is 1. The fourth-order valence-electron chi connectivity index (χ4n) is 2.44. The first-order valence-electron chi connectivity index (χ1n) is 6.65. The predicted molar refractivity (Wildman–Crippen MR) is 71.8 cm³/mol. The van der Waals surface area contributed by atoms with Crippen LogP contribution >= 0.6 is 0 Å². The Kier molecular flexibility index (Phi) is 4.96. The number of halogens is 2. The molecular formula is C14H20F2N2O. The zero-order valence-electron chi connectivity index (χ0n) is 11.1. The number of nitrogens with zero attached hydrogens (tertiary/aromatic N) is 1. The maximum absolute atomic E-state index is 12.3. The first kappa shape index (κ1) is 14.1. The van der Waals surface area contributed by atoms with Gasteiger partial charge in [0.25, 0.3) is 0 Å². The maximum atomic E-state index is 12.3. The van der Waals surface area contributed by atoms with E-state index in [9.17, 15) is 8.78 Å². The van der Waals surface area contributed by atoms with Gasteiger partial charge in [0.2, 0.25) is 0 Å². The summed E-state index contributed by atoms with van der Waals surface area (Å²) in [6, 6.07) is 7.27. The minimum atomic E-state index is -2.79. The van der Waals surface area contributed by atoms with Crippen molar-refractivity contribution in [3.63, 3.8) is 0 Å². The Morgan fingerprint density at radius 2 is 2.16 bits per heavy atom. The zero-order valence-corrected chi connectivity index (χ0v) is 11.1. The Balaban J connectivity index is 1.94. The van der Waals surface area contributed by atoms with Crippen molar-refractivity contribution in [2.24, 2.45) is 0 Å². The Morgan fingerprint density at radius 3 is 2.89 bits per heavy atom. The van der Waals surface area contributed by atoms with Crippen molar-refractivity contribution in [1.82, 2.24) is 4.90 Å². The Morgan fingerprint density at radius 1 is 1.37 bits per heavy atom. The molecule has 1 fully saturated rings. The van der Waals surface area contributed by atoms with Gasteiger partial charge in [-0.25, -0.2) is 0 Å². The summed E-state index contributed by atoms with van der Waals surface area (Å²) < 4.78 is 29.1. The van der Waals surface area contributed by atoms with Crippen LogP contribution in [0.15, 0.2) is 24.3 Å². The van der Waals surface area contributed by atoms with Gasteiger partial charge < -0.3 is 15.0 Å². The van der Waals surface area contributed by atoms with Gasteiger partial charge in [-0.2, -0.15) is 8.78 Å². The summed E-state index contributed by atoms with van der Waals surface area (Å²) in [4.78, 5) is 2.31. The molecule has 0 spiro atoms. The summed E-state index contributed by atoms with van der Waals surface area (Å²) in [5.74, 6) is 0.205. The summed E-state index contributed by atoms with van der Waals surface area (Å²) >= 11 is 0. The third kappa shape index (κ3) is 4.06. The molecule has 0 aromatic heterocycles. The van der Waals surface area contributed by atoms with Gasteiger partial charge in [-0.3, -0.25) is 0 Å². The third-order valence-electron chi connectivity index (χ3n) is 3.55. The molecule has 1 heterocycles. The Hall–Kier alpha value is -1.36. The number of anilines is 1. The number of benzene rings is 1. The van der Waals surface area contributed by atoms with E-state index >= 15 is 0 Å². The van der Waals surface area contributed by atoms with Crippen LogP contribution in [0.3, 0.4) is 0 Å². The summed E-state index contributed by atoms with van der Waals surface area (Å²) in [5, 5.41) is 3.22. The van der Waals surface area contributed by atoms with Crippen LogP contribution in [0, 0.1) is 0 Å². The molecule has 0 radical (unpaired) electrons. The molecule has 3 nitrogen and oxygen atoms in total. The molecule has 106 valence electrons. The zero-order chi connectivity index (χ0) is 13.7. The molecule has 1 aliphatic heterocycles. The highest BCUT2D eigenvalue weighted by Crippen LogP contribution is 2.26. The lowest BCUT2D eigenvalue weighted by atomic mass is 10.0. The normalized spacial score (nSPS) is 20.5. The first-order chi connectivity index (χ1) is 9.16. The molecule has 1 aliphatic rings. The highest BCUT2D eigenvalue weighted by molar-refractivity contribution is 5.56. The van der Waals surface area contributed by atoms with E-state index in [4.69, 9.17) is 0 Å². The average molecular weight is 270 g/mol. The average Bonchev–Trinajstić information content (AvgIpc) is 2.39. The summed E-state index contributed by atoms with van der Waals surface area (Å²) in [5.41, 5.74) is 0.627. The molecular weight excluding hydrogens is 250 g/mol. The van der Waals surface area contributed by atoms with E-state index in [2.05, 4.69) is 22.0 Å². The lowest BCUT2D eigenvalue weighted by molar-refractivity contribution is -0.0493. The number of ether oxygens (including phenoxy) is 1. The predicted octanol–water partition coefficient (Wildman–Crippen LogP) is 3.18. The number of alkyl halides is 2. The van der Waals surface area contributed by atoms with Gasteiger partial charge >= 0.3 is 6.61 Å². The van der Waals surface area contributed by atoms with E-state index in [1.807, 2.05) is 6.07 Å². The quantitative estimate of drug-likeness (QED) is 0.889. The van der Waals surface area contributed by atoms with Gasteiger partial charge in [-0.15, -0.1) is 0 Å². The topological polar surface area (TPSA) is 24.5 Å². The second-order valence-corrected chi connectivity index (χ2v) is 4.89. The van der Waals surface area contributed by atoms with Crippen LogP contribution in [0.4, 0.5) is 14.5 Å². The molecule has 1 aromatic rings. The van der Waals surface area contributed by atoms with Gasteiger partial charge in [-0.05, 0) is 38.6 Å². The van der Waals surface area contributed by atoms with Crippen molar-refractivity contribution in [1.29, 1.82) is 0 Å². The van der Waals surface area contributed by atoms with Gasteiger partial charge in [0.1, 0.15) is 5.75 Å². The molecule has 0 aliphatic carbocycles. The number of piperidine rings is 1. The van der Waals surface area contributed by atoms with E-state index in [0.717, 1.165) is 19.5 Å². The van der Waals surface area contributed by atoms with Crippen LogP contribution < -0.4 is 10.1 Å². The first-order valence-corrected chi connectivity index (χ1v) is 6.65. The van der Waals surface area contributed by atoms with Crippen LogP contribution in [0.25, 0.3) is 0 Å². The Labute approximate surface area is 112 Å². The van der Waals surface area contributed by atoms with E-state index in [0.29, 0.717) is 11.7 Å². The van der Waals surface area contributed by atoms with Gasteiger partial charge in [0.05, 0.1) is 5.69 Å². The standard InChI is InChI=1S/C14H20F2N2O/c1-18-9-5-4-6-11(18)10-17-12-7-2-3-8-13(12)19-14(15)16/h2-3,7-8,11,14,17H,4-6,9-10H2,1H3. The van der Waals surface area contributed by atoms with Gasteiger partial charge in [0, 0.05) is 12.6 Å². The lowest BCUT2D eigenvalue weighted by Gasteiger charge is -2.32. The van der Waals surface area contributed by atoms with Crippen LogP contribution in [-0.2, 0) is 0 Å². The molecule has 2 rings (SSSR count). The van der Waals surface area contributed by atoms with E-state index in [1.165, 1.54) is 12.8 Å². The highest BCUT2D eigenvalue weighted by atomic mass is 19.3. The third-order valence-corrected chi connectivity index (χ3v) is 3.55. The van der Waals surface area contributed by atoms with Gasteiger partial charge in [0.15, 0.2) is 0 Å². The van der Waals surface area contributed by atoms with Crippen LogP contribution in [0.2, 0.25) is 0 Å². The maximum Gasteiger partial charge on any atom is 0.387 e. The van der Waals surface area contributed by atoms with E-state index < -0.39 is 6.61 Å². The van der Waals surface area contributed by atoms with Crippen molar-refractivity contribution in [2.45, 2.75) is 31.9 Å². The highest BCUT2D eigenvalue weighted by Gasteiger charge is 2.19. The summed E-state index contributed by atoms with van der Waals surface area (Å²) in [7, 11) is 2.10. The molecule has 0 amide bonds. The van der Waals surface area contributed by atoms with E-state index in [1.54, 1.807) is 18.2 Å². The number of hydrogen-bond acceptors (Lipinski definition) is 3. The Bertz CT molecular complexity index is 401. The van der Waals surface area contributed by atoms with Crippen molar-refractivity contribution in [3.8, 4) is 5.75 Å². The molecule has 1 unspecified atom stereocenters. The molecule has 1 atom stereocenters. The number of rotatable bonds is 5. The molecule has 0 saturated carbocycles. The molecule has 1 N–H and O–H groups in total. The fraction of sp³-hybridized carbons (Fsp3) is 0.571. The largest absolute Gasteiger partial charge is 0.433 e.